The third-order valence-corrected chi connectivity index (χ3v) is 2.85. The summed E-state index contributed by atoms with van der Waals surface area (Å²) in [5, 5.41) is 16.8. The lowest BCUT2D eigenvalue weighted by Gasteiger charge is -2.06. The van der Waals surface area contributed by atoms with Gasteiger partial charge in [0.2, 0.25) is 5.91 Å². The van der Waals surface area contributed by atoms with Crippen LogP contribution in [0.4, 0.5) is 0 Å². The molecular weight excluding hydrogens is 272 g/mol. The van der Waals surface area contributed by atoms with Crippen LogP contribution in [0.2, 0.25) is 0 Å². The molecule has 9 heteroatoms. The molecular formula is C10H14N4O4S. The molecule has 0 fully saturated rings. The minimum atomic E-state index is -1.14. The summed E-state index contributed by atoms with van der Waals surface area (Å²) in [5.74, 6) is -2.10. The van der Waals surface area contributed by atoms with Gasteiger partial charge in [-0.15, -0.1) is 5.10 Å². The number of carbonyl (C=O) groups excluding carboxylic acids is 2. The number of hydrogen-bond acceptors (Lipinski definition) is 6. The number of aromatic nitrogens is 2. The molecule has 1 heterocycles. The molecule has 0 saturated heterocycles. The molecule has 3 N–H and O–H groups in total. The molecule has 8 nitrogen and oxygen atoms in total. The van der Waals surface area contributed by atoms with Crippen LogP contribution in [-0.4, -0.2) is 45.6 Å². The zero-order chi connectivity index (χ0) is 14.4. The maximum atomic E-state index is 11.8. The maximum absolute atomic E-state index is 11.8. The van der Waals surface area contributed by atoms with Crippen molar-refractivity contribution in [1.82, 2.24) is 20.2 Å². The Morgan fingerprint density at radius 1 is 1.26 bits per heavy atom. The highest BCUT2D eigenvalue weighted by atomic mass is 32.1. The van der Waals surface area contributed by atoms with Gasteiger partial charge in [0.05, 0.1) is 12.2 Å². The van der Waals surface area contributed by atoms with Crippen molar-refractivity contribution in [3.05, 3.63) is 10.6 Å². The summed E-state index contributed by atoms with van der Waals surface area (Å²) in [6, 6.07) is 0. The van der Waals surface area contributed by atoms with E-state index in [9.17, 15) is 14.4 Å². The molecule has 0 aliphatic heterocycles. The van der Waals surface area contributed by atoms with Gasteiger partial charge in [0.1, 0.15) is 11.4 Å². The number of rotatable bonds is 6. The third kappa shape index (κ3) is 4.62. The average molecular weight is 286 g/mol. The van der Waals surface area contributed by atoms with Crippen LogP contribution in [-0.2, 0) is 9.59 Å². The summed E-state index contributed by atoms with van der Waals surface area (Å²) in [6.07, 6.45) is 0. The molecule has 1 aromatic rings. The number of aliphatic carboxylic acids is 1. The summed E-state index contributed by atoms with van der Waals surface area (Å²) >= 11 is 0.957. The van der Waals surface area contributed by atoms with Crippen LogP contribution >= 0.6 is 11.5 Å². The van der Waals surface area contributed by atoms with E-state index in [2.05, 4.69) is 20.2 Å². The number of carboxylic acids is 1. The molecule has 0 aliphatic carbocycles. The Kier molecular flexibility index (Phi) is 5.37. The van der Waals surface area contributed by atoms with E-state index in [-0.39, 0.29) is 12.5 Å². The molecule has 1 rings (SSSR count). The topological polar surface area (TPSA) is 121 Å². The fourth-order valence-electron chi connectivity index (χ4n) is 1.21. The smallest absolute Gasteiger partial charge is 0.322 e. The first-order valence-electron chi connectivity index (χ1n) is 5.50. The van der Waals surface area contributed by atoms with Crippen molar-refractivity contribution in [2.24, 2.45) is 0 Å². The normalized spacial score (nSPS) is 10.3. The second-order valence-corrected chi connectivity index (χ2v) is 4.75. The van der Waals surface area contributed by atoms with Gasteiger partial charge in [0.15, 0.2) is 0 Å². The lowest BCUT2D eigenvalue weighted by Crippen LogP contribution is -2.39. The van der Waals surface area contributed by atoms with Crippen molar-refractivity contribution in [3.8, 4) is 0 Å². The molecule has 0 aliphatic rings. The van der Waals surface area contributed by atoms with Crippen LogP contribution in [0, 0.1) is 0 Å². The number of hydrogen-bond donors (Lipinski definition) is 3. The summed E-state index contributed by atoms with van der Waals surface area (Å²) in [5.41, 5.74) is 0.577. The van der Waals surface area contributed by atoms with Crippen LogP contribution in [0.25, 0.3) is 0 Å². The molecule has 0 atom stereocenters. The van der Waals surface area contributed by atoms with Crippen LogP contribution in [0.5, 0.6) is 0 Å². The predicted molar refractivity (Wildman–Crippen MR) is 67.0 cm³/mol. The largest absolute Gasteiger partial charge is 0.480 e. The molecule has 104 valence electrons. The summed E-state index contributed by atoms with van der Waals surface area (Å²) in [7, 11) is 0. The number of amides is 2. The Morgan fingerprint density at radius 3 is 2.53 bits per heavy atom. The third-order valence-electron chi connectivity index (χ3n) is 2.11. The van der Waals surface area contributed by atoms with Gasteiger partial charge in [0.25, 0.3) is 5.91 Å². The SMILES string of the molecule is CC(C)c1nnsc1C(=O)NCC(=O)NCC(=O)O. The monoisotopic (exact) mass is 286 g/mol. The fourth-order valence-corrected chi connectivity index (χ4v) is 1.95. The molecule has 0 unspecified atom stereocenters. The first-order valence-corrected chi connectivity index (χ1v) is 6.28. The summed E-state index contributed by atoms with van der Waals surface area (Å²) in [6.45, 7) is 3.00. The van der Waals surface area contributed by atoms with E-state index in [0.717, 1.165) is 11.5 Å². The summed E-state index contributed by atoms with van der Waals surface area (Å²) < 4.78 is 3.70. The zero-order valence-corrected chi connectivity index (χ0v) is 11.3. The molecule has 19 heavy (non-hydrogen) atoms. The van der Waals surface area contributed by atoms with Gasteiger partial charge < -0.3 is 15.7 Å². The summed E-state index contributed by atoms with van der Waals surface area (Å²) in [4.78, 5) is 33.6. The highest BCUT2D eigenvalue weighted by Crippen LogP contribution is 2.19. The van der Waals surface area contributed by atoms with E-state index in [1.165, 1.54) is 0 Å². The van der Waals surface area contributed by atoms with Crippen molar-refractivity contribution < 1.29 is 19.5 Å². The molecule has 0 spiro atoms. The van der Waals surface area contributed by atoms with Crippen molar-refractivity contribution in [3.63, 3.8) is 0 Å². The van der Waals surface area contributed by atoms with Gasteiger partial charge in [-0.05, 0) is 17.5 Å². The lowest BCUT2D eigenvalue weighted by molar-refractivity contribution is -0.137. The minimum absolute atomic E-state index is 0.0559. The molecule has 0 saturated carbocycles. The Labute approximate surface area is 113 Å². The predicted octanol–water partition coefficient (Wildman–Crippen LogP) is -0.408. The molecule has 0 aromatic carbocycles. The molecule has 0 bridgehead atoms. The lowest BCUT2D eigenvalue weighted by atomic mass is 10.1. The molecule has 2 amide bonds. The van der Waals surface area contributed by atoms with E-state index < -0.39 is 24.3 Å². The van der Waals surface area contributed by atoms with Crippen molar-refractivity contribution in [1.29, 1.82) is 0 Å². The van der Waals surface area contributed by atoms with Crippen LogP contribution in [0.15, 0.2) is 0 Å². The first kappa shape index (κ1) is 15.0. The van der Waals surface area contributed by atoms with Gasteiger partial charge in [0, 0.05) is 0 Å². The Hall–Kier alpha value is -2.03. The zero-order valence-electron chi connectivity index (χ0n) is 10.5. The number of nitrogens with zero attached hydrogens (tertiary/aromatic N) is 2. The number of carbonyl (C=O) groups is 3. The van der Waals surface area contributed by atoms with Gasteiger partial charge in [-0.25, -0.2) is 0 Å². The standard InChI is InChI=1S/C10H14N4O4S/c1-5(2)8-9(19-14-13-8)10(18)12-3-6(15)11-4-7(16)17/h5H,3-4H2,1-2H3,(H,11,15)(H,12,18)(H,16,17). The minimum Gasteiger partial charge on any atom is -0.480 e. The Bertz CT molecular complexity index is 486. The maximum Gasteiger partial charge on any atom is 0.322 e. The fraction of sp³-hybridized carbons (Fsp3) is 0.500. The molecule has 1 aromatic heterocycles. The Balaban J connectivity index is 2.49. The average Bonchev–Trinajstić information content (AvgIpc) is 2.82. The molecule has 0 radical (unpaired) electrons. The van der Waals surface area contributed by atoms with E-state index in [1.807, 2.05) is 13.8 Å². The van der Waals surface area contributed by atoms with Gasteiger partial charge in [-0.1, -0.05) is 18.3 Å². The highest BCUT2D eigenvalue weighted by molar-refractivity contribution is 7.08. The van der Waals surface area contributed by atoms with Crippen LogP contribution in [0.1, 0.15) is 35.1 Å². The van der Waals surface area contributed by atoms with Gasteiger partial charge >= 0.3 is 5.97 Å². The van der Waals surface area contributed by atoms with E-state index >= 15 is 0 Å². The van der Waals surface area contributed by atoms with Crippen molar-refractivity contribution >= 4 is 29.3 Å². The second kappa shape index (κ2) is 6.78. The number of nitrogens with one attached hydrogen (secondary N) is 2. The van der Waals surface area contributed by atoms with E-state index in [0.29, 0.717) is 10.6 Å². The van der Waals surface area contributed by atoms with E-state index in [4.69, 9.17) is 5.11 Å². The van der Waals surface area contributed by atoms with Crippen molar-refractivity contribution in [2.45, 2.75) is 19.8 Å². The quantitative estimate of drug-likeness (QED) is 0.653. The Morgan fingerprint density at radius 2 is 1.95 bits per heavy atom. The van der Waals surface area contributed by atoms with Crippen molar-refractivity contribution in [2.75, 3.05) is 13.1 Å². The van der Waals surface area contributed by atoms with E-state index in [1.54, 1.807) is 0 Å². The van der Waals surface area contributed by atoms with Crippen LogP contribution < -0.4 is 10.6 Å². The highest BCUT2D eigenvalue weighted by Gasteiger charge is 2.19. The second-order valence-electron chi connectivity index (χ2n) is 4.00. The van der Waals surface area contributed by atoms with Gasteiger partial charge in [-0.2, -0.15) is 0 Å². The first-order chi connectivity index (χ1) is 8.91. The number of carboxylic acid groups (broad SMARTS) is 1. The van der Waals surface area contributed by atoms with Gasteiger partial charge in [-0.3, -0.25) is 14.4 Å². The van der Waals surface area contributed by atoms with Crippen LogP contribution in [0.3, 0.4) is 0 Å².